The fraction of sp³-hybridized carbons (Fsp3) is 0.276. The summed E-state index contributed by atoms with van der Waals surface area (Å²) in [6, 6.07) is 29.2. The van der Waals surface area contributed by atoms with E-state index in [0.717, 1.165) is 63.0 Å². The van der Waals surface area contributed by atoms with Crippen LogP contribution in [-0.4, -0.2) is 23.9 Å². The summed E-state index contributed by atoms with van der Waals surface area (Å²) >= 11 is 1.99. The molecule has 7 atom stereocenters. The van der Waals surface area contributed by atoms with E-state index >= 15 is 0 Å². The molecule has 3 aromatic carbocycles. The van der Waals surface area contributed by atoms with Crippen molar-refractivity contribution < 1.29 is 0 Å². The number of hydrogen-bond acceptors (Lipinski definition) is 5. The van der Waals surface area contributed by atoms with Crippen molar-refractivity contribution >= 4 is 56.5 Å². The summed E-state index contributed by atoms with van der Waals surface area (Å²) in [7, 11) is 0. The van der Waals surface area contributed by atoms with Crippen LogP contribution >= 0.6 is 11.3 Å². The first-order chi connectivity index (χ1) is 31.1. The maximum Gasteiger partial charge on any atom is 0.147 e. The number of fused-ring (bicyclic) bond motifs is 5. The van der Waals surface area contributed by atoms with Crippen LogP contribution in [0.4, 0.5) is 5.69 Å². The smallest absolute Gasteiger partial charge is 0.147 e. The minimum absolute atomic E-state index is 0.101. The monoisotopic (exact) mass is 840 g/mol. The van der Waals surface area contributed by atoms with Crippen LogP contribution in [0, 0.1) is 23.7 Å². The van der Waals surface area contributed by atoms with Gasteiger partial charge >= 0.3 is 0 Å². The summed E-state index contributed by atoms with van der Waals surface area (Å²) in [5.74, 6) is 3.28. The molecule has 5 aliphatic carbocycles. The molecule has 0 amide bonds. The van der Waals surface area contributed by atoms with Crippen molar-refractivity contribution in [2.24, 2.45) is 33.7 Å². The Kier molecular flexibility index (Phi) is 10.9. The molecule has 11 rings (SSSR count). The average molecular weight is 841 g/mol. The third-order valence-corrected chi connectivity index (χ3v) is 15.6. The van der Waals surface area contributed by atoms with E-state index in [-0.39, 0.29) is 24.0 Å². The van der Waals surface area contributed by atoms with Gasteiger partial charge in [0.2, 0.25) is 0 Å². The number of thiophene rings is 1. The van der Waals surface area contributed by atoms with Gasteiger partial charge in [-0.1, -0.05) is 159 Å². The highest BCUT2D eigenvalue weighted by Crippen LogP contribution is 2.47. The molecule has 0 bridgehead atoms. The number of benzene rings is 3. The van der Waals surface area contributed by atoms with E-state index in [0.29, 0.717) is 17.8 Å². The Hall–Kier alpha value is -6.04. The van der Waals surface area contributed by atoms with Crippen LogP contribution in [0.1, 0.15) is 75.3 Å². The van der Waals surface area contributed by atoms with Gasteiger partial charge < -0.3 is 10.2 Å². The molecule has 4 nitrogen and oxygen atoms in total. The lowest BCUT2D eigenvalue weighted by Gasteiger charge is -2.37. The highest BCUT2D eigenvalue weighted by Gasteiger charge is 2.41. The maximum absolute atomic E-state index is 5.61. The first kappa shape index (κ1) is 39.8. The van der Waals surface area contributed by atoms with Crippen LogP contribution < -0.4 is 20.0 Å². The summed E-state index contributed by atoms with van der Waals surface area (Å²) in [4.78, 5) is 13.8. The predicted molar refractivity (Wildman–Crippen MR) is 268 cm³/mol. The second kappa shape index (κ2) is 17.3. The van der Waals surface area contributed by atoms with Gasteiger partial charge in [-0.05, 0) is 120 Å². The number of nitrogens with zero attached hydrogens (tertiary/aromatic N) is 3. The Morgan fingerprint density at radius 2 is 1.73 bits per heavy atom. The van der Waals surface area contributed by atoms with Gasteiger partial charge in [0.25, 0.3) is 0 Å². The highest BCUT2D eigenvalue weighted by molar-refractivity contribution is 7.17. The van der Waals surface area contributed by atoms with E-state index < -0.39 is 0 Å². The van der Waals surface area contributed by atoms with Gasteiger partial charge in [-0.15, -0.1) is 11.3 Å². The van der Waals surface area contributed by atoms with Gasteiger partial charge in [0.1, 0.15) is 17.8 Å². The standard InChI is InChI=1S/C58H56N4S/c1-3-19-43(39-20-8-4-9-21-39)34-38(2)42-32-33-45(51(35-42)58-60-56(40-22-10-5-11-23-40)59-57(61-58)41-24-12-6-13-25-41)47-29-18-30-48-50-36-49-46-28-16-17-31-52(46)62(44-26-14-7-15-27-44)53(49)37-54(50)63-55(47)48/h3-5,7-10,12,14-16,18-22,24-30,32-33,36-38,42,45,49,51,53,57H,1,6,11,13,17,23,31,34-35H2,2H3,(H,59,60,61)/b43-19+. The molecular weight excluding hydrogens is 785 g/mol. The van der Waals surface area contributed by atoms with Gasteiger partial charge in [-0.25, -0.2) is 9.98 Å². The molecule has 314 valence electrons. The Balaban J connectivity index is 1.03. The summed E-state index contributed by atoms with van der Waals surface area (Å²) < 4.78 is 2.79. The average Bonchev–Trinajstić information content (AvgIpc) is 3.88. The zero-order chi connectivity index (χ0) is 42.3. The van der Waals surface area contributed by atoms with Crippen LogP contribution in [0.15, 0.2) is 191 Å². The number of aliphatic imine (C=N–C) groups is 2. The Morgan fingerprint density at radius 3 is 2.54 bits per heavy atom. The number of hydrogen-bond donors (Lipinski definition) is 1. The Bertz CT molecular complexity index is 2890. The summed E-state index contributed by atoms with van der Waals surface area (Å²) in [5, 5.41) is 6.59. The van der Waals surface area contributed by atoms with Crippen LogP contribution in [-0.2, 0) is 0 Å². The topological polar surface area (TPSA) is 40.0 Å². The third kappa shape index (κ3) is 7.54. The molecule has 0 fully saturated rings. The SMILES string of the molecule is C=C/C=C(\CC(C)C1C=CC(c2cccc3c4c(sc23)=CC2C(C=4)C3=C(CCC=C3)N2c2ccccc2)C(C2=NC(C3=CCCC=C3)NC(C3=CC=CCC3)=N2)C1)c1ccccc1. The summed E-state index contributed by atoms with van der Waals surface area (Å²) in [6.45, 7) is 6.53. The molecule has 7 unspecified atom stereocenters. The number of amidine groups is 2. The van der Waals surface area contributed by atoms with E-state index in [1.54, 1.807) is 0 Å². The van der Waals surface area contributed by atoms with Gasteiger partial charge in [0.05, 0.1) is 6.04 Å². The molecule has 5 heteroatoms. The van der Waals surface area contributed by atoms with Gasteiger partial charge in [0, 0.05) is 43.8 Å². The first-order valence-electron chi connectivity index (χ1n) is 23.3. The second-order valence-electron chi connectivity index (χ2n) is 18.2. The van der Waals surface area contributed by atoms with Crippen LogP contribution in [0.5, 0.6) is 0 Å². The second-order valence-corrected chi connectivity index (χ2v) is 19.3. The molecule has 0 radical (unpaired) electrons. The summed E-state index contributed by atoms with van der Waals surface area (Å²) in [5.41, 5.74) is 10.8. The van der Waals surface area contributed by atoms with E-state index in [1.165, 1.54) is 64.6 Å². The first-order valence-corrected chi connectivity index (χ1v) is 24.1. The molecule has 7 aliphatic rings. The number of para-hydroxylation sites is 1. The summed E-state index contributed by atoms with van der Waals surface area (Å²) in [6.07, 6.45) is 41.0. The van der Waals surface area contributed by atoms with Gasteiger partial charge in [-0.3, -0.25) is 0 Å². The Labute approximate surface area is 376 Å². The molecule has 0 saturated carbocycles. The molecular formula is C58H56N4S. The van der Waals surface area contributed by atoms with Gasteiger partial charge in [-0.2, -0.15) is 0 Å². The van der Waals surface area contributed by atoms with Gasteiger partial charge in [0.15, 0.2) is 0 Å². The molecule has 3 heterocycles. The number of rotatable bonds is 10. The number of allylic oxidation sites excluding steroid dienone is 13. The van der Waals surface area contributed by atoms with E-state index in [9.17, 15) is 0 Å². The van der Waals surface area contributed by atoms with E-state index in [1.807, 2.05) is 17.4 Å². The van der Waals surface area contributed by atoms with Crippen LogP contribution in [0.25, 0.3) is 27.8 Å². The molecule has 0 saturated heterocycles. The molecule has 63 heavy (non-hydrogen) atoms. The highest BCUT2D eigenvalue weighted by atomic mass is 32.1. The molecule has 1 N–H and O–H groups in total. The maximum atomic E-state index is 5.61. The third-order valence-electron chi connectivity index (χ3n) is 14.4. The van der Waals surface area contributed by atoms with Crippen molar-refractivity contribution in [1.29, 1.82) is 0 Å². The quantitative estimate of drug-likeness (QED) is 0.128. The zero-order valence-corrected chi connectivity index (χ0v) is 37.1. The molecule has 0 spiro atoms. The Morgan fingerprint density at radius 1 is 0.889 bits per heavy atom. The van der Waals surface area contributed by atoms with Crippen molar-refractivity contribution in [1.82, 2.24) is 5.32 Å². The lowest BCUT2D eigenvalue weighted by molar-refractivity contribution is 0.346. The normalized spacial score (nSPS) is 26.6. The minimum atomic E-state index is -0.160. The van der Waals surface area contributed by atoms with Crippen molar-refractivity contribution in [3.05, 3.63) is 202 Å². The van der Waals surface area contributed by atoms with Crippen LogP contribution in [0.2, 0.25) is 0 Å². The number of anilines is 1. The fourth-order valence-corrected chi connectivity index (χ4v) is 12.5. The van der Waals surface area contributed by atoms with E-state index in [4.69, 9.17) is 9.98 Å². The zero-order valence-electron chi connectivity index (χ0n) is 36.2. The lowest BCUT2D eigenvalue weighted by atomic mass is 9.70. The van der Waals surface area contributed by atoms with Crippen molar-refractivity contribution in [3.63, 3.8) is 0 Å². The molecule has 2 aliphatic heterocycles. The van der Waals surface area contributed by atoms with Crippen LogP contribution in [0.3, 0.4) is 0 Å². The largest absolute Gasteiger partial charge is 0.344 e. The molecule has 1 aromatic heterocycles. The number of nitrogens with one attached hydrogen (secondary N) is 1. The predicted octanol–water partition coefficient (Wildman–Crippen LogP) is 12.4. The van der Waals surface area contributed by atoms with Crippen molar-refractivity contribution in [3.8, 4) is 0 Å². The molecule has 4 aromatic rings. The fourth-order valence-electron chi connectivity index (χ4n) is 11.2. The van der Waals surface area contributed by atoms with E-state index in [2.05, 4.69) is 182 Å². The van der Waals surface area contributed by atoms with Crippen molar-refractivity contribution in [2.75, 3.05) is 4.90 Å². The minimum Gasteiger partial charge on any atom is -0.344 e. The van der Waals surface area contributed by atoms with Crippen molar-refractivity contribution in [2.45, 2.75) is 76.4 Å². The lowest BCUT2D eigenvalue weighted by Crippen LogP contribution is -2.43.